The molecule has 2 aromatic heterocycles. The lowest BCUT2D eigenvalue weighted by Crippen LogP contribution is -2.19. The number of carbonyl (C=O) groups excluding carboxylic acids is 1. The van der Waals surface area contributed by atoms with Gasteiger partial charge in [0.2, 0.25) is 11.1 Å². The fraction of sp³-hybridized carbons (Fsp3) is 0.368. The first kappa shape index (κ1) is 19.9. The first-order chi connectivity index (χ1) is 13.4. The minimum absolute atomic E-state index is 0.114. The molecule has 0 saturated carbocycles. The molecule has 0 spiro atoms. The highest BCUT2D eigenvalue weighted by molar-refractivity contribution is 7.99. The molecule has 0 aliphatic carbocycles. The number of nitrogens with one attached hydrogen (secondary N) is 1. The van der Waals surface area contributed by atoms with Crippen molar-refractivity contribution in [1.82, 2.24) is 24.7 Å². The highest BCUT2D eigenvalue weighted by Crippen LogP contribution is 2.27. The van der Waals surface area contributed by atoms with Crippen LogP contribution in [0.4, 0.5) is 5.69 Å². The molecular formula is C19H25N7OS. The number of benzene rings is 1. The molecule has 3 N–H and O–H groups in total. The third-order valence-electron chi connectivity index (χ3n) is 4.56. The van der Waals surface area contributed by atoms with E-state index in [0.717, 1.165) is 29.1 Å². The average molecular weight is 400 g/mol. The van der Waals surface area contributed by atoms with Crippen LogP contribution in [0.2, 0.25) is 0 Å². The largest absolute Gasteiger partial charge is 0.334 e. The quantitative estimate of drug-likeness (QED) is 0.467. The molecule has 2 heterocycles. The summed E-state index contributed by atoms with van der Waals surface area (Å²) in [5.41, 5.74) is 3.76. The molecule has 3 aromatic rings. The van der Waals surface area contributed by atoms with Gasteiger partial charge in [-0.05, 0) is 43.9 Å². The summed E-state index contributed by atoms with van der Waals surface area (Å²) in [5, 5.41) is 16.0. The number of nitrogens with zero attached hydrogens (tertiary/aromatic N) is 5. The van der Waals surface area contributed by atoms with Crippen molar-refractivity contribution in [3.05, 3.63) is 47.3 Å². The zero-order valence-electron chi connectivity index (χ0n) is 16.5. The SMILES string of the molecule is CC[C@@H](C)c1ccccc1NC(=O)CSc1nnc(-n2nc(C)cc2C)n1N. The van der Waals surface area contributed by atoms with E-state index in [1.807, 2.05) is 44.2 Å². The maximum absolute atomic E-state index is 12.4. The van der Waals surface area contributed by atoms with E-state index in [-0.39, 0.29) is 11.7 Å². The molecule has 0 fully saturated rings. The molecule has 0 aliphatic heterocycles. The molecule has 1 aromatic carbocycles. The van der Waals surface area contributed by atoms with Gasteiger partial charge < -0.3 is 11.2 Å². The Kier molecular flexibility index (Phi) is 6.03. The van der Waals surface area contributed by atoms with E-state index in [9.17, 15) is 4.79 Å². The molecule has 0 aliphatic rings. The van der Waals surface area contributed by atoms with Crippen molar-refractivity contribution >= 4 is 23.4 Å². The van der Waals surface area contributed by atoms with Crippen molar-refractivity contribution < 1.29 is 4.79 Å². The number of aryl methyl sites for hydroxylation is 2. The van der Waals surface area contributed by atoms with Crippen LogP contribution in [0.25, 0.3) is 5.95 Å². The zero-order valence-corrected chi connectivity index (χ0v) is 17.3. The molecule has 28 heavy (non-hydrogen) atoms. The number of amides is 1. The molecule has 0 unspecified atom stereocenters. The second-order valence-corrected chi connectivity index (χ2v) is 7.67. The van der Waals surface area contributed by atoms with Gasteiger partial charge in [-0.1, -0.05) is 43.8 Å². The van der Waals surface area contributed by atoms with Crippen LogP contribution in [-0.2, 0) is 4.79 Å². The minimum atomic E-state index is -0.114. The molecule has 1 amide bonds. The predicted molar refractivity (Wildman–Crippen MR) is 111 cm³/mol. The highest BCUT2D eigenvalue weighted by atomic mass is 32.2. The van der Waals surface area contributed by atoms with Crippen LogP contribution in [0.1, 0.15) is 43.1 Å². The standard InChI is InChI=1S/C19H25N7OS/c1-5-12(2)15-8-6-7-9-16(15)21-17(27)11-28-19-23-22-18(25(19)20)26-14(4)10-13(3)24-26/h6-10,12H,5,11,20H2,1-4H3,(H,21,27)/t12-/m1/s1. The van der Waals surface area contributed by atoms with Gasteiger partial charge in [-0.3, -0.25) is 4.79 Å². The number of nitrogen functional groups attached to an aromatic ring is 1. The Balaban J connectivity index is 1.67. The van der Waals surface area contributed by atoms with Crippen LogP contribution in [0.3, 0.4) is 0 Å². The van der Waals surface area contributed by atoms with Crippen LogP contribution in [-0.4, -0.2) is 36.3 Å². The average Bonchev–Trinajstić information content (AvgIpc) is 3.20. The van der Waals surface area contributed by atoms with Crippen LogP contribution >= 0.6 is 11.8 Å². The Morgan fingerprint density at radius 2 is 2.04 bits per heavy atom. The maximum Gasteiger partial charge on any atom is 0.271 e. The van der Waals surface area contributed by atoms with Crippen molar-refractivity contribution in [3.8, 4) is 5.95 Å². The summed E-state index contributed by atoms with van der Waals surface area (Å²) in [5.74, 6) is 6.97. The normalized spacial score (nSPS) is 12.1. The number of anilines is 1. The predicted octanol–water partition coefficient (Wildman–Crippen LogP) is 3.04. The molecule has 0 bridgehead atoms. The van der Waals surface area contributed by atoms with Crippen molar-refractivity contribution in [2.24, 2.45) is 0 Å². The van der Waals surface area contributed by atoms with Crippen molar-refractivity contribution in [3.63, 3.8) is 0 Å². The molecule has 8 nitrogen and oxygen atoms in total. The third-order valence-corrected chi connectivity index (χ3v) is 5.50. The van der Waals surface area contributed by atoms with E-state index < -0.39 is 0 Å². The van der Waals surface area contributed by atoms with Gasteiger partial charge in [-0.2, -0.15) is 5.10 Å². The molecule has 9 heteroatoms. The Morgan fingerprint density at radius 1 is 1.29 bits per heavy atom. The number of nitrogens with two attached hydrogens (primary N) is 1. The molecule has 0 radical (unpaired) electrons. The topological polar surface area (TPSA) is 104 Å². The first-order valence-corrected chi connectivity index (χ1v) is 10.1. The van der Waals surface area contributed by atoms with E-state index >= 15 is 0 Å². The van der Waals surface area contributed by atoms with Gasteiger partial charge in [0.15, 0.2) is 0 Å². The van der Waals surface area contributed by atoms with Crippen LogP contribution < -0.4 is 11.2 Å². The van der Waals surface area contributed by atoms with Crippen LogP contribution in [0, 0.1) is 13.8 Å². The Labute approximate surface area is 168 Å². The zero-order chi connectivity index (χ0) is 20.3. The summed E-state index contributed by atoms with van der Waals surface area (Å²) < 4.78 is 2.99. The monoisotopic (exact) mass is 399 g/mol. The van der Waals surface area contributed by atoms with Gasteiger partial charge in [-0.15, -0.1) is 10.2 Å². The number of aromatic nitrogens is 5. The van der Waals surface area contributed by atoms with Gasteiger partial charge in [-0.25, -0.2) is 9.36 Å². The second-order valence-electron chi connectivity index (χ2n) is 6.72. The highest BCUT2D eigenvalue weighted by Gasteiger charge is 2.17. The van der Waals surface area contributed by atoms with E-state index in [0.29, 0.717) is 17.0 Å². The fourth-order valence-corrected chi connectivity index (χ4v) is 3.57. The summed E-state index contributed by atoms with van der Waals surface area (Å²) >= 11 is 1.23. The first-order valence-electron chi connectivity index (χ1n) is 9.16. The smallest absolute Gasteiger partial charge is 0.271 e. The minimum Gasteiger partial charge on any atom is -0.334 e. The van der Waals surface area contributed by atoms with Gasteiger partial charge in [0.25, 0.3) is 5.95 Å². The summed E-state index contributed by atoms with van der Waals surface area (Å²) in [6.07, 6.45) is 1.01. The Hall–Kier alpha value is -2.81. The molecule has 148 valence electrons. The number of rotatable bonds is 7. The van der Waals surface area contributed by atoms with Crippen molar-refractivity contribution in [1.29, 1.82) is 0 Å². The molecular weight excluding hydrogens is 374 g/mol. The third kappa shape index (κ3) is 4.19. The van der Waals surface area contributed by atoms with Gasteiger partial charge in [0.05, 0.1) is 11.4 Å². The van der Waals surface area contributed by atoms with E-state index in [2.05, 4.69) is 34.5 Å². The van der Waals surface area contributed by atoms with Crippen LogP contribution in [0.15, 0.2) is 35.5 Å². The summed E-state index contributed by atoms with van der Waals surface area (Å²) in [4.78, 5) is 12.4. The Bertz CT molecular complexity index is 979. The number of hydrogen-bond donors (Lipinski definition) is 2. The van der Waals surface area contributed by atoms with Crippen molar-refractivity contribution in [2.45, 2.75) is 45.2 Å². The number of carbonyl (C=O) groups is 1. The van der Waals surface area contributed by atoms with E-state index in [1.165, 1.54) is 16.4 Å². The van der Waals surface area contributed by atoms with E-state index in [4.69, 9.17) is 5.84 Å². The van der Waals surface area contributed by atoms with Crippen LogP contribution in [0.5, 0.6) is 0 Å². The lowest BCUT2D eigenvalue weighted by Gasteiger charge is -2.15. The second kappa shape index (κ2) is 8.47. The summed E-state index contributed by atoms with van der Waals surface area (Å²) in [6, 6.07) is 9.82. The fourth-order valence-electron chi connectivity index (χ4n) is 2.92. The van der Waals surface area contributed by atoms with Crippen molar-refractivity contribution in [2.75, 3.05) is 16.9 Å². The maximum atomic E-state index is 12.4. The molecule has 3 rings (SSSR count). The van der Waals surface area contributed by atoms with Gasteiger partial charge >= 0.3 is 0 Å². The Morgan fingerprint density at radius 3 is 2.71 bits per heavy atom. The molecule has 1 atom stereocenters. The molecule has 0 saturated heterocycles. The summed E-state index contributed by atoms with van der Waals surface area (Å²) in [7, 11) is 0. The van der Waals surface area contributed by atoms with E-state index in [1.54, 1.807) is 4.68 Å². The lowest BCUT2D eigenvalue weighted by molar-refractivity contribution is -0.113. The van der Waals surface area contributed by atoms with Gasteiger partial charge in [0, 0.05) is 11.4 Å². The summed E-state index contributed by atoms with van der Waals surface area (Å²) in [6.45, 7) is 8.10. The van der Waals surface area contributed by atoms with Gasteiger partial charge in [0.1, 0.15) is 0 Å². The number of para-hydroxylation sites is 1. The number of hydrogen-bond acceptors (Lipinski definition) is 6. The number of thioether (sulfide) groups is 1. The lowest BCUT2D eigenvalue weighted by atomic mass is 9.97.